The minimum Gasteiger partial charge on any atom is -0.756 e. The van der Waals surface area contributed by atoms with E-state index in [1.807, 2.05) is 33.3 Å². The van der Waals surface area contributed by atoms with Crippen molar-refractivity contribution in [2.24, 2.45) is 0 Å². The molecule has 0 bridgehead atoms. The summed E-state index contributed by atoms with van der Waals surface area (Å²) >= 11 is 0. The van der Waals surface area contributed by atoms with Crippen LogP contribution in [0.4, 0.5) is 0 Å². The molecule has 10 heteroatoms. The number of hydrogen-bond donors (Lipinski definition) is 1. The van der Waals surface area contributed by atoms with Crippen molar-refractivity contribution in [3.05, 3.63) is 72.9 Å². The maximum atomic E-state index is 13.5. The lowest BCUT2D eigenvalue weighted by Gasteiger charge is -2.30. The number of allylic oxidation sites excluding steroid dienone is 11. The lowest BCUT2D eigenvalue weighted by atomic mass is 10.0. The summed E-state index contributed by atoms with van der Waals surface area (Å²) in [5.74, 6) is -0.548. The van der Waals surface area contributed by atoms with Gasteiger partial charge in [0.2, 0.25) is 5.91 Å². The Morgan fingerprint density at radius 1 is 0.444 bits per heavy atom. The van der Waals surface area contributed by atoms with Crippen LogP contribution in [0, 0.1) is 0 Å². The van der Waals surface area contributed by atoms with E-state index in [0.717, 1.165) is 103 Å². The number of likely N-dealkylation sites (N-methyl/N-ethyl adjacent to an activating group) is 1. The van der Waals surface area contributed by atoms with Crippen LogP contribution < -0.4 is 10.2 Å². The van der Waals surface area contributed by atoms with Gasteiger partial charge < -0.3 is 28.5 Å². The van der Waals surface area contributed by atoms with Crippen LogP contribution in [0.5, 0.6) is 0 Å². The molecule has 0 aliphatic rings. The van der Waals surface area contributed by atoms with E-state index >= 15 is 0 Å². The zero-order chi connectivity index (χ0) is 59.3. The molecule has 0 aliphatic heterocycles. The predicted molar refractivity (Wildman–Crippen MR) is 348 cm³/mol. The highest BCUT2D eigenvalue weighted by Gasteiger charge is 2.27. The zero-order valence-electron chi connectivity index (χ0n) is 54.0. The van der Waals surface area contributed by atoms with Crippen molar-refractivity contribution in [2.75, 3.05) is 40.9 Å². The predicted octanol–water partition coefficient (Wildman–Crippen LogP) is 20.9. The molecule has 0 rings (SSSR count). The first kappa shape index (κ1) is 78.5. The number of carbonyl (C=O) groups is 2. The van der Waals surface area contributed by atoms with E-state index < -0.39 is 26.6 Å². The highest BCUT2D eigenvalue weighted by atomic mass is 31.2. The van der Waals surface area contributed by atoms with Gasteiger partial charge in [0.05, 0.1) is 33.8 Å². The first-order valence-electron chi connectivity index (χ1n) is 34.3. The van der Waals surface area contributed by atoms with Crippen molar-refractivity contribution in [1.82, 2.24) is 5.32 Å². The van der Waals surface area contributed by atoms with E-state index in [-0.39, 0.29) is 24.9 Å². The summed E-state index contributed by atoms with van der Waals surface area (Å²) < 4.78 is 30.4. The maximum absolute atomic E-state index is 13.5. The number of carbonyl (C=O) groups excluding carboxylic acids is 2. The van der Waals surface area contributed by atoms with E-state index in [9.17, 15) is 19.0 Å². The smallest absolute Gasteiger partial charge is 0.306 e. The van der Waals surface area contributed by atoms with E-state index in [1.165, 1.54) is 180 Å². The number of ether oxygens (including phenoxy) is 1. The molecule has 0 spiro atoms. The molecule has 3 atom stereocenters. The second-order valence-electron chi connectivity index (χ2n) is 24.4. The second kappa shape index (κ2) is 60.6. The summed E-state index contributed by atoms with van der Waals surface area (Å²) in [6.07, 6.45) is 78.7. The lowest BCUT2D eigenvalue weighted by molar-refractivity contribution is -0.870. The van der Waals surface area contributed by atoms with Gasteiger partial charge in [0.1, 0.15) is 19.3 Å². The minimum absolute atomic E-state index is 0.0259. The van der Waals surface area contributed by atoms with Crippen LogP contribution >= 0.6 is 7.82 Å². The Balaban J connectivity index is 5.07. The summed E-state index contributed by atoms with van der Waals surface area (Å²) in [6, 6.07) is -0.897. The Morgan fingerprint density at radius 2 is 0.790 bits per heavy atom. The SMILES string of the molecule is CCCCC/C=C\C/C=C\C/C=C\CCCCCCCCCCCCCCCCC(=O)OC(/C=C\CCCCCCCCCCCCC)C(COP(=O)([O-])OCC[N+](C)(C)C)NC(=O)CCCCCCCC/C=C/C=C/CCCCC. The summed E-state index contributed by atoms with van der Waals surface area (Å²) in [7, 11) is 1.18. The van der Waals surface area contributed by atoms with Crippen LogP contribution in [-0.4, -0.2) is 69.4 Å². The first-order valence-corrected chi connectivity index (χ1v) is 35.7. The van der Waals surface area contributed by atoms with Crippen LogP contribution in [0.2, 0.25) is 0 Å². The third-order valence-corrected chi connectivity index (χ3v) is 16.1. The van der Waals surface area contributed by atoms with E-state index in [0.29, 0.717) is 17.4 Å². The van der Waals surface area contributed by atoms with Crippen molar-refractivity contribution in [1.29, 1.82) is 0 Å². The molecule has 0 aromatic rings. The molecule has 0 radical (unpaired) electrons. The van der Waals surface area contributed by atoms with Gasteiger partial charge in [0.25, 0.3) is 7.82 Å². The molecule has 1 amide bonds. The molecule has 3 unspecified atom stereocenters. The lowest BCUT2D eigenvalue weighted by Crippen LogP contribution is -2.47. The number of phosphoric ester groups is 1. The van der Waals surface area contributed by atoms with E-state index in [2.05, 4.69) is 86.8 Å². The molecule has 81 heavy (non-hydrogen) atoms. The highest BCUT2D eigenvalue weighted by molar-refractivity contribution is 7.45. The van der Waals surface area contributed by atoms with Gasteiger partial charge in [-0.05, 0) is 96.0 Å². The van der Waals surface area contributed by atoms with Gasteiger partial charge in [-0.25, -0.2) is 0 Å². The molecule has 0 fully saturated rings. The number of unbranched alkanes of at least 4 members (excludes halogenated alkanes) is 37. The standard InChI is InChI=1S/C71H131N2O7P/c1-7-10-13-16-19-22-25-28-30-31-32-33-34-35-36-37-38-39-40-41-43-46-49-52-55-58-61-64-71(75)80-69(62-59-56-53-50-47-44-27-24-21-18-15-12-9-3)68(67-79-81(76,77)78-66-65-73(4,5)6)72-70(74)63-60-57-54-51-48-45-42-29-26-23-20-17-14-11-8-2/h19-20,22-23,26,28-30,32-33,59,62,68-69H,7-18,21,24-25,27,31,34-58,60-61,63-67H2,1-6H3,(H-,72,74,76,77)/b22-19-,23-20+,29-26+,30-28-,33-32-,62-59-. The number of nitrogens with zero attached hydrogens (tertiary/aromatic N) is 1. The van der Waals surface area contributed by atoms with E-state index in [1.54, 1.807) is 0 Å². The minimum atomic E-state index is -4.71. The van der Waals surface area contributed by atoms with Crippen LogP contribution in [0.25, 0.3) is 0 Å². The van der Waals surface area contributed by atoms with Gasteiger partial charge in [0.15, 0.2) is 0 Å². The fourth-order valence-electron chi connectivity index (χ4n) is 9.82. The van der Waals surface area contributed by atoms with Crippen molar-refractivity contribution in [3.63, 3.8) is 0 Å². The molecule has 9 nitrogen and oxygen atoms in total. The first-order chi connectivity index (χ1) is 39.4. The number of quaternary nitrogens is 1. The van der Waals surface area contributed by atoms with Gasteiger partial charge in [-0.3, -0.25) is 14.2 Å². The Labute approximate surface area is 502 Å². The van der Waals surface area contributed by atoms with Crippen molar-refractivity contribution >= 4 is 19.7 Å². The largest absolute Gasteiger partial charge is 0.756 e. The molecule has 472 valence electrons. The topological polar surface area (TPSA) is 114 Å². The molecule has 0 aromatic carbocycles. The van der Waals surface area contributed by atoms with Crippen molar-refractivity contribution < 1.29 is 37.3 Å². The molecule has 0 aliphatic carbocycles. The van der Waals surface area contributed by atoms with Crippen LogP contribution in [0.15, 0.2) is 72.9 Å². The Bertz CT molecular complexity index is 1620. The van der Waals surface area contributed by atoms with Crippen LogP contribution in [-0.2, 0) is 27.9 Å². The second-order valence-corrected chi connectivity index (χ2v) is 25.8. The van der Waals surface area contributed by atoms with Crippen LogP contribution in [0.1, 0.15) is 316 Å². The fraction of sp³-hybridized carbons (Fsp3) is 0.803. The quantitative estimate of drug-likeness (QED) is 0.0161. The third kappa shape index (κ3) is 61.8. The normalized spacial score (nSPS) is 14.0. The molecular formula is C71H131N2O7P. The molecule has 0 aromatic heterocycles. The summed E-state index contributed by atoms with van der Waals surface area (Å²) in [5, 5.41) is 3.03. The summed E-state index contributed by atoms with van der Waals surface area (Å²) in [6.45, 7) is 6.80. The average molecular weight is 1160 g/mol. The molecule has 0 saturated carbocycles. The zero-order valence-corrected chi connectivity index (χ0v) is 54.9. The average Bonchev–Trinajstić information content (AvgIpc) is 3.44. The Kier molecular flexibility index (Phi) is 58.7. The van der Waals surface area contributed by atoms with Gasteiger partial charge in [-0.15, -0.1) is 0 Å². The Morgan fingerprint density at radius 3 is 1.22 bits per heavy atom. The number of amides is 1. The molecule has 1 N–H and O–H groups in total. The third-order valence-electron chi connectivity index (χ3n) is 15.1. The van der Waals surface area contributed by atoms with Gasteiger partial charge in [-0.1, -0.05) is 280 Å². The monoisotopic (exact) mass is 1150 g/mol. The Hall–Kier alpha value is -2.55. The molecule has 0 saturated heterocycles. The molecular weight excluding hydrogens is 1020 g/mol. The molecule has 0 heterocycles. The number of esters is 1. The van der Waals surface area contributed by atoms with Gasteiger partial charge in [-0.2, -0.15) is 0 Å². The van der Waals surface area contributed by atoms with Crippen molar-refractivity contribution in [2.45, 2.75) is 328 Å². The van der Waals surface area contributed by atoms with Gasteiger partial charge in [0, 0.05) is 12.8 Å². The van der Waals surface area contributed by atoms with E-state index in [4.69, 9.17) is 13.8 Å². The number of rotatable bonds is 62. The summed E-state index contributed by atoms with van der Waals surface area (Å²) in [4.78, 5) is 40.1. The fourth-order valence-corrected chi connectivity index (χ4v) is 10.5. The maximum Gasteiger partial charge on any atom is 0.306 e. The number of nitrogens with one attached hydrogen (secondary N) is 1. The van der Waals surface area contributed by atoms with Crippen molar-refractivity contribution in [3.8, 4) is 0 Å². The highest BCUT2D eigenvalue weighted by Crippen LogP contribution is 2.38. The van der Waals surface area contributed by atoms with Gasteiger partial charge >= 0.3 is 5.97 Å². The summed E-state index contributed by atoms with van der Waals surface area (Å²) in [5.41, 5.74) is 0. The van der Waals surface area contributed by atoms with Crippen LogP contribution in [0.3, 0.4) is 0 Å². The number of phosphoric acid groups is 1. The number of hydrogen-bond acceptors (Lipinski definition) is 7.